The second-order valence-electron chi connectivity index (χ2n) is 4.38. The van der Waals surface area contributed by atoms with Gasteiger partial charge < -0.3 is 14.9 Å². The van der Waals surface area contributed by atoms with Crippen molar-refractivity contribution >= 4 is 18.5 Å². The summed E-state index contributed by atoms with van der Waals surface area (Å²) < 4.78 is 0. The number of carbonyl (C=O) groups is 1. The maximum absolute atomic E-state index is 11.9. The van der Waals surface area contributed by atoms with Gasteiger partial charge in [0.2, 0.25) is 5.91 Å². The molecular weight excluding hydrogens is 217 g/mol. The van der Waals surface area contributed by atoms with Crippen molar-refractivity contribution < 1.29 is 14.8 Å². The van der Waals surface area contributed by atoms with Gasteiger partial charge in [-0.2, -0.15) is 0 Å². The van der Waals surface area contributed by atoms with Crippen molar-refractivity contribution in [3.8, 4) is 0 Å². The summed E-state index contributed by atoms with van der Waals surface area (Å²) in [5, 5.41) is 17.9. The molecule has 1 aliphatic rings. The Morgan fingerprint density at radius 1 is 1.18 bits per heavy atom. The molecule has 0 radical (unpaired) electrons. The first kappa shape index (κ1) is 12.1. The Hall–Kier alpha value is -1.33. The van der Waals surface area contributed by atoms with Crippen molar-refractivity contribution in [2.75, 3.05) is 13.1 Å². The summed E-state index contributed by atoms with van der Waals surface area (Å²) in [7, 11) is -1.45. The van der Waals surface area contributed by atoms with Crippen LogP contribution < -0.4 is 5.46 Å². The molecule has 0 bridgehead atoms. The van der Waals surface area contributed by atoms with Crippen LogP contribution >= 0.6 is 0 Å². The predicted molar refractivity (Wildman–Crippen MR) is 65.8 cm³/mol. The number of carbonyl (C=O) groups excluding carboxylic acids is 1. The van der Waals surface area contributed by atoms with E-state index in [9.17, 15) is 4.79 Å². The van der Waals surface area contributed by atoms with Crippen LogP contribution in [0.15, 0.2) is 24.3 Å². The minimum absolute atomic E-state index is 0.153. The molecule has 17 heavy (non-hydrogen) atoms. The molecule has 1 amide bonds. The van der Waals surface area contributed by atoms with Crippen molar-refractivity contribution in [1.29, 1.82) is 0 Å². The van der Waals surface area contributed by atoms with Gasteiger partial charge in [-0.15, -0.1) is 0 Å². The molecule has 2 rings (SSSR count). The highest BCUT2D eigenvalue weighted by atomic mass is 16.4. The number of amides is 1. The highest BCUT2D eigenvalue weighted by Gasteiger charge is 2.18. The van der Waals surface area contributed by atoms with Crippen LogP contribution in [0, 0.1) is 0 Å². The van der Waals surface area contributed by atoms with Crippen LogP contribution in [0.25, 0.3) is 0 Å². The average molecular weight is 233 g/mol. The third kappa shape index (κ3) is 3.08. The first-order valence-corrected chi connectivity index (χ1v) is 5.89. The largest absolute Gasteiger partial charge is 0.488 e. The lowest BCUT2D eigenvalue weighted by molar-refractivity contribution is -0.129. The van der Waals surface area contributed by atoms with E-state index >= 15 is 0 Å². The normalized spacial score (nSPS) is 15.1. The fourth-order valence-corrected chi connectivity index (χ4v) is 2.06. The van der Waals surface area contributed by atoms with E-state index in [-0.39, 0.29) is 5.91 Å². The molecule has 90 valence electrons. The van der Waals surface area contributed by atoms with Gasteiger partial charge in [-0.1, -0.05) is 24.3 Å². The van der Waals surface area contributed by atoms with E-state index in [1.807, 2.05) is 4.90 Å². The van der Waals surface area contributed by atoms with Crippen LogP contribution in [0.5, 0.6) is 0 Å². The minimum atomic E-state index is -1.45. The highest BCUT2D eigenvalue weighted by Crippen LogP contribution is 2.10. The van der Waals surface area contributed by atoms with Gasteiger partial charge in [0, 0.05) is 13.1 Å². The molecule has 0 aliphatic carbocycles. The van der Waals surface area contributed by atoms with E-state index in [0.29, 0.717) is 11.9 Å². The monoisotopic (exact) mass is 233 g/mol. The third-order valence-electron chi connectivity index (χ3n) is 3.09. The summed E-state index contributed by atoms with van der Waals surface area (Å²) in [6.45, 7) is 1.73. The Kier molecular flexibility index (Phi) is 3.81. The Balaban J connectivity index is 1.96. The lowest BCUT2D eigenvalue weighted by atomic mass is 9.80. The van der Waals surface area contributed by atoms with Crippen molar-refractivity contribution in [2.45, 2.75) is 19.3 Å². The first-order valence-electron chi connectivity index (χ1n) is 5.89. The molecule has 5 heteroatoms. The van der Waals surface area contributed by atoms with Crippen LogP contribution in [0.4, 0.5) is 0 Å². The van der Waals surface area contributed by atoms with E-state index < -0.39 is 7.12 Å². The van der Waals surface area contributed by atoms with Crippen molar-refractivity contribution in [3.63, 3.8) is 0 Å². The topological polar surface area (TPSA) is 60.8 Å². The van der Waals surface area contributed by atoms with Crippen LogP contribution in [0.2, 0.25) is 0 Å². The van der Waals surface area contributed by atoms with E-state index in [0.717, 1.165) is 31.5 Å². The average Bonchev–Trinajstić information content (AvgIpc) is 2.83. The molecule has 1 aliphatic heterocycles. The second-order valence-corrected chi connectivity index (χ2v) is 4.38. The quantitative estimate of drug-likeness (QED) is 0.694. The molecule has 1 saturated heterocycles. The summed E-state index contributed by atoms with van der Waals surface area (Å²) in [4.78, 5) is 13.7. The van der Waals surface area contributed by atoms with Gasteiger partial charge in [0.15, 0.2) is 0 Å². The summed E-state index contributed by atoms with van der Waals surface area (Å²) in [6, 6.07) is 6.81. The molecule has 1 aromatic carbocycles. The van der Waals surface area contributed by atoms with E-state index in [1.165, 1.54) is 0 Å². The van der Waals surface area contributed by atoms with Gasteiger partial charge in [-0.25, -0.2) is 0 Å². The summed E-state index contributed by atoms with van der Waals surface area (Å²) in [6.07, 6.45) is 2.59. The molecule has 0 unspecified atom stereocenters. The lowest BCUT2D eigenvalue weighted by Crippen LogP contribution is -2.30. The maximum Gasteiger partial charge on any atom is 0.488 e. The van der Waals surface area contributed by atoms with Crippen molar-refractivity contribution in [3.05, 3.63) is 29.8 Å². The molecule has 4 nitrogen and oxygen atoms in total. The van der Waals surface area contributed by atoms with E-state index in [4.69, 9.17) is 10.0 Å². The number of hydrogen-bond donors (Lipinski definition) is 2. The fourth-order valence-electron chi connectivity index (χ4n) is 2.06. The molecule has 0 spiro atoms. The Bertz CT molecular complexity index is 385. The summed E-state index contributed by atoms with van der Waals surface area (Å²) >= 11 is 0. The van der Waals surface area contributed by atoms with Crippen LogP contribution in [0.3, 0.4) is 0 Å². The molecule has 0 aromatic heterocycles. The van der Waals surface area contributed by atoms with Crippen LogP contribution in [-0.2, 0) is 11.2 Å². The Morgan fingerprint density at radius 2 is 1.76 bits per heavy atom. The number of rotatable bonds is 3. The van der Waals surface area contributed by atoms with Gasteiger partial charge >= 0.3 is 7.12 Å². The molecule has 0 saturated carbocycles. The molecule has 1 aromatic rings. The number of benzene rings is 1. The SMILES string of the molecule is O=C(Cc1ccc(B(O)O)cc1)N1CCCC1. The standard InChI is InChI=1S/C12H16BNO3/c15-12(14-7-1-2-8-14)9-10-3-5-11(6-4-10)13(16)17/h3-6,16-17H,1-2,7-9H2. The zero-order valence-corrected chi connectivity index (χ0v) is 9.67. The van der Waals surface area contributed by atoms with E-state index in [2.05, 4.69) is 0 Å². The van der Waals surface area contributed by atoms with Crippen molar-refractivity contribution in [1.82, 2.24) is 4.90 Å². The second kappa shape index (κ2) is 5.34. The van der Waals surface area contributed by atoms with Gasteiger partial charge in [0.1, 0.15) is 0 Å². The van der Waals surface area contributed by atoms with Crippen molar-refractivity contribution in [2.24, 2.45) is 0 Å². The first-order chi connectivity index (χ1) is 8.16. The maximum atomic E-state index is 11.9. The lowest BCUT2D eigenvalue weighted by Gasteiger charge is -2.15. The van der Waals surface area contributed by atoms with Gasteiger partial charge in [0.25, 0.3) is 0 Å². The molecule has 1 fully saturated rings. The van der Waals surface area contributed by atoms with Crippen LogP contribution in [0.1, 0.15) is 18.4 Å². The Morgan fingerprint density at radius 3 is 2.29 bits per heavy atom. The fraction of sp³-hybridized carbons (Fsp3) is 0.417. The van der Waals surface area contributed by atoms with E-state index in [1.54, 1.807) is 24.3 Å². The van der Waals surface area contributed by atoms with Gasteiger partial charge in [0.05, 0.1) is 6.42 Å². The minimum Gasteiger partial charge on any atom is -0.423 e. The predicted octanol–water partition coefficient (Wildman–Crippen LogP) is -0.469. The number of nitrogens with zero attached hydrogens (tertiary/aromatic N) is 1. The smallest absolute Gasteiger partial charge is 0.423 e. The summed E-state index contributed by atoms with van der Waals surface area (Å²) in [5.74, 6) is 0.153. The molecule has 2 N–H and O–H groups in total. The zero-order chi connectivity index (χ0) is 12.3. The Labute approximate surface area is 101 Å². The molecule has 0 atom stereocenters. The number of hydrogen-bond acceptors (Lipinski definition) is 3. The third-order valence-corrected chi connectivity index (χ3v) is 3.09. The zero-order valence-electron chi connectivity index (χ0n) is 9.67. The molecular formula is C12H16BNO3. The van der Waals surface area contributed by atoms with Crippen LogP contribution in [-0.4, -0.2) is 41.1 Å². The highest BCUT2D eigenvalue weighted by molar-refractivity contribution is 6.58. The molecule has 1 heterocycles. The van der Waals surface area contributed by atoms with Gasteiger partial charge in [-0.3, -0.25) is 4.79 Å². The van der Waals surface area contributed by atoms with Gasteiger partial charge in [-0.05, 0) is 23.9 Å². The number of likely N-dealkylation sites (tertiary alicyclic amines) is 1. The summed E-state index contributed by atoms with van der Waals surface area (Å²) in [5.41, 5.74) is 1.36.